The number of aromatic nitrogens is 1. The van der Waals surface area contributed by atoms with Gasteiger partial charge in [-0.3, -0.25) is 9.55 Å². The molecule has 176 valence electrons. The Morgan fingerprint density at radius 1 is 1.16 bits per heavy atom. The summed E-state index contributed by atoms with van der Waals surface area (Å²) >= 11 is 1.44. The predicted molar refractivity (Wildman–Crippen MR) is 121 cm³/mol. The monoisotopic (exact) mass is 486 g/mol. The molecule has 0 spiro atoms. The molecule has 0 radical (unpaired) electrons. The van der Waals surface area contributed by atoms with Gasteiger partial charge in [0, 0.05) is 18.2 Å². The second-order valence-electron chi connectivity index (χ2n) is 8.11. The normalized spacial score (nSPS) is 15.5. The number of thioether (sulfide) groups is 1. The first-order valence-corrected chi connectivity index (χ1v) is 13.4. The number of halogens is 2. The molecule has 6 nitrogen and oxygen atoms in total. The lowest BCUT2D eigenvalue weighted by Gasteiger charge is -2.42. The molecule has 0 amide bonds. The van der Waals surface area contributed by atoms with Crippen LogP contribution in [0.15, 0.2) is 41.4 Å². The number of nitrogens with zero attached hydrogens (tertiary/aromatic N) is 1. The largest absolute Gasteiger partial charge is 0.379 e. The van der Waals surface area contributed by atoms with E-state index in [0.717, 1.165) is 30.6 Å². The smallest absolute Gasteiger partial charge is 0.325 e. The van der Waals surface area contributed by atoms with Crippen LogP contribution in [0.4, 0.5) is 8.78 Å². The van der Waals surface area contributed by atoms with Crippen molar-refractivity contribution in [1.29, 1.82) is 0 Å². The second-order valence-corrected chi connectivity index (χ2v) is 11.0. The number of benzene rings is 1. The van der Waals surface area contributed by atoms with E-state index in [9.17, 15) is 13.3 Å². The summed E-state index contributed by atoms with van der Waals surface area (Å²) < 4.78 is 43.8. The number of ether oxygens (including phenoxy) is 1. The minimum absolute atomic E-state index is 0.0366. The van der Waals surface area contributed by atoms with Crippen LogP contribution in [0.3, 0.4) is 0 Å². The average molecular weight is 487 g/mol. The SMILES string of the molecule is O=P(O)(O)CCCNCc1cc(F)c(SCCCCC2(c3ccc(F)cc3)COC2)cn1. The van der Waals surface area contributed by atoms with Crippen LogP contribution in [0, 0.1) is 11.6 Å². The zero-order valence-corrected chi connectivity index (χ0v) is 19.5. The third kappa shape index (κ3) is 7.61. The minimum Gasteiger partial charge on any atom is -0.379 e. The molecule has 32 heavy (non-hydrogen) atoms. The number of nitrogens with one attached hydrogen (secondary N) is 1. The molecule has 0 saturated carbocycles. The van der Waals surface area contributed by atoms with E-state index in [-0.39, 0.29) is 23.2 Å². The maximum absolute atomic E-state index is 14.4. The van der Waals surface area contributed by atoms with E-state index >= 15 is 0 Å². The van der Waals surface area contributed by atoms with Gasteiger partial charge in [-0.2, -0.15) is 0 Å². The number of hydrogen-bond acceptors (Lipinski definition) is 5. The lowest BCUT2D eigenvalue weighted by molar-refractivity contribution is -0.0652. The summed E-state index contributed by atoms with van der Waals surface area (Å²) in [7, 11) is -3.97. The zero-order chi connectivity index (χ0) is 23.0. The highest BCUT2D eigenvalue weighted by Crippen LogP contribution is 2.38. The van der Waals surface area contributed by atoms with Gasteiger partial charge in [0.15, 0.2) is 0 Å². The highest BCUT2D eigenvalue weighted by atomic mass is 32.2. The van der Waals surface area contributed by atoms with Gasteiger partial charge in [-0.25, -0.2) is 8.78 Å². The van der Waals surface area contributed by atoms with Crippen molar-refractivity contribution in [3.8, 4) is 0 Å². The fourth-order valence-electron chi connectivity index (χ4n) is 3.64. The maximum Gasteiger partial charge on any atom is 0.325 e. The summed E-state index contributed by atoms with van der Waals surface area (Å²) in [4.78, 5) is 22.4. The Balaban J connectivity index is 1.37. The molecule has 1 saturated heterocycles. The van der Waals surface area contributed by atoms with Crippen LogP contribution >= 0.6 is 19.4 Å². The summed E-state index contributed by atoms with van der Waals surface area (Å²) in [5, 5.41) is 3.01. The van der Waals surface area contributed by atoms with E-state index in [4.69, 9.17) is 14.5 Å². The third-order valence-electron chi connectivity index (χ3n) is 5.51. The number of rotatable bonds is 13. The van der Waals surface area contributed by atoms with Gasteiger partial charge in [0.1, 0.15) is 11.6 Å². The van der Waals surface area contributed by atoms with Crippen molar-refractivity contribution < 1.29 is 27.9 Å². The number of unbranched alkanes of at least 4 members (excludes halogenated alkanes) is 1. The van der Waals surface area contributed by atoms with Crippen molar-refractivity contribution in [1.82, 2.24) is 10.3 Å². The second kappa shape index (κ2) is 11.7. The molecule has 0 atom stereocenters. The molecule has 0 bridgehead atoms. The Bertz CT molecular complexity index is 923. The Kier molecular flexibility index (Phi) is 9.22. The Hall–Kier alpha value is -1.35. The van der Waals surface area contributed by atoms with Crippen molar-refractivity contribution >= 4 is 19.4 Å². The highest BCUT2D eigenvalue weighted by Gasteiger charge is 2.39. The molecule has 1 aromatic heterocycles. The molecule has 1 aromatic carbocycles. The fraction of sp³-hybridized carbons (Fsp3) is 0.500. The lowest BCUT2D eigenvalue weighted by Crippen LogP contribution is -2.46. The minimum atomic E-state index is -3.97. The van der Waals surface area contributed by atoms with E-state index < -0.39 is 7.60 Å². The highest BCUT2D eigenvalue weighted by molar-refractivity contribution is 7.99. The van der Waals surface area contributed by atoms with Gasteiger partial charge in [-0.05, 0) is 55.3 Å². The van der Waals surface area contributed by atoms with Gasteiger partial charge >= 0.3 is 7.60 Å². The molecule has 10 heteroatoms. The van der Waals surface area contributed by atoms with Gasteiger partial charge in [-0.1, -0.05) is 18.6 Å². The summed E-state index contributed by atoms with van der Waals surface area (Å²) in [5.41, 5.74) is 1.62. The Morgan fingerprint density at radius 3 is 2.53 bits per heavy atom. The molecule has 3 rings (SSSR count). The van der Waals surface area contributed by atoms with Crippen molar-refractivity contribution in [3.63, 3.8) is 0 Å². The van der Waals surface area contributed by atoms with Gasteiger partial charge in [0.2, 0.25) is 0 Å². The fourth-order valence-corrected chi connectivity index (χ4v) is 5.10. The summed E-state index contributed by atoms with van der Waals surface area (Å²) in [6, 6.07) is 8.04. The summed E-state index contributed by atoms with van der Waals surface area (Å²) in [6.07, 6.45) is 4.55. The molecule has 1 aliphatic rings. The van der Waals surface area contributed by atoms with Crippen LogP contribution in [0.5, 0.6) is 0 Å². The van der Waals surface area contributed by atoms with E-state index in [1.54, 1.807) is 0 Å². The van der Waals surface area contributed by atoms with Gasteiger partial charge in [0.05, 0.1) is 30.0 Å². The lowest BCUT2D eigenvalue weighted by atomic mass is 9.75. The zero-order valence-electron chi connectivity index (χ0n) is 17.8. The molecule has 2 aromatic rings. The molecule has 1 fully saturated rings. The van der Waals surface area contributed by atoms with Gasteiger partial charge in [0.25, 0.3) is 0 Å². The third-order valence-corrected chi connectivity index (χ3v) is 7.51. The van der Waals surface area contributed by atoms with Crippen molar-refractivity contribution in [2.24, 2.45) is 0 Å². The van der Waals surface area contributed by atoms with Crippen molar-refractivity contribution in [3.05, 3.63) is 59.4 Å². The summed E-state index contributed by atoms with van der Waals surface area (Å²) in [6.45, 7) is 2.07. The van der Waals surface area contributed by atoms with Crippen LogP contribution in [-0.2, 0) is 21.3 Å². The molecule has 3 N–H and O–H groups in total. The Labute approximate surface area is 191 Å². The van der Waals surface area contributed by atoms with Gasteiger partial charge < -0.3 is 19.8 Å². The number of hydrogen-bond donors (Lipinski definition) is 3. The van der Waals surface area contributed by atoms with E-state index in [1.165, 1.54) is 36.2 Å². The predicted octanol–water partition coefficient (Wildman–Crippen LogP) is 4.25. The number of pyridine rings is 1. The average Bonchev–Trinajstić information content (AvgIpc) is 2.70. The molecule has 1 aliphatic heterocycles. The molecule has 0 unspecified atom stereocenters. The van der Waals surface area contributed by atoms with Crippen molar-refractivity contribution in [2.75, 3.05) is 31.7 Å². The quantitative estimate of drug-likeness (QED) is 0.222. The van der Waals surface area contributed by atoms with Crippen LogP contribution in [0.25, 0.3) is 0 Å². The molecule has 0 aliphatic carbocycles. The molecular weight excluding hydrogens is 457 g/mol. The summed E-state index contributed by atoms with van der Waals surface area (Å²) in [5.74, 6) is 0.226. The van der Waals surface area contributed by atoms with E-state index in [0.29, 0.717) is 43.3 Å². The first-order chi connectivity index (χ1) is 15.3. The first-order valence-electron chi connectivity index (χ1n) is 10.6. The van der Waals surface area contributed by atoms with Crippen LogP contribution in [0.2, 0.25) is 0 Å². The Morgan fingerprint density at radius 2 is 1.91 bits per heavy atom. The molecular formula is C22H29F2N2O4PS. The van der Waals surface area contributed by atoms with E-state index in [2.05, 4.69) is 10.3 Å². The van der Waals surface area contributed by atoms with Crippen molar-refractivity contribution in [2.45, 2.75) is 42.5 Å². The topological polar surface area (TPSA) is 91.7 Å². The van der Waals surface area contributed by atoms with Crippen LogP contribution < -0.4 is 5.32 Å². The van der Waals surface area contributed by atoms with Crippen LogP contribution in [-0.4, -0.2) is 46.4 Å². The maximum atomic E-state index is 14.4. The molecule has 2 heterocycles. The van der Waals surface area contributed by atoms with Crippen LogP contribution in [0.1, 0.15) is 36.9 Å². The van der Waals surface area contributed by atoms with Gasteiger partial charge in [-0.15, -0.1) is 11.8 Å². The van der Waals surface area contributed by atoms with E-state index in [1.807, 2.05) is 12.1 Å². The standard InChI is InChI=1S/C22H29F2N2O4PS/c23-18-6-4-17(5-7-18)22(15-30-16-22)8-1-2-11-32-21-14-26-19(12-20(21)24)13-25-9-3-10-31(27,28)29/h4-7,12,14,25H,1-3,8-11,13,15-16H2,(H2,27,28,29). The first kappa shape index (κ1) is 25.3.